The SMILES string of the molecule is COc1cc(N=Nc2ccc(N=Nc3ccc(N=Nc4cc(S(=O)(=O)O)ccc4S(=O)(=O)O)c(C)c3)c(C)c2)c(C)cc1NC(=O)c1ccc(N)cc1.[Na+]. The summed E-state index contributed by atoms with van der Waals surface area (Å²) >= 11 is 0. The molecule has 5 aromatic carbocycles. The van der Waals surface area contributed by atoms with Crippen LogP contribution in [0.4, 0.5) is 45.5 Å². The van der Waals surface area contributed by atoms with E-state index in [0.29, 0.717) is 56.7 Å². The summed E-state index contributed by atoms with van der Waals surface area (Å²) in [6.07, 6.45) is 0. The molecule has 5 N–H and O–H groups in total. The number of methoxy groups -OCH3 is 1. The first kappa shape index (κ1) is 41.5. The van der Waals surface area contributed by atoms with Gasteiger partial charge in [0.05, 0.1) is 46.1 Å². The van der Waals surface area contributed by atoms with E-state index in [1.54, 1.807) is 79.7 Å². The Labute approximate surface area is 333 Å². The quantitative estimate of drug-likeness (QED) is 0.0515. The zero-order valence-electron chi connectivity index (χ0n) is 29.6. The molecule has 5 rings (SSSR count). The number of nitrogens with one attached hydrogen (secondary N) is 1. The third kappa shape index (κ3) is 10.5. The average molecular weight is 780 g/mol. The first-order chi connectivity index (χ1) is 25.0. The second kappa shape index (κ2) is 17.3. The minimum absolute atomic E-state index is 0. The maximum absolute atomic E-state index is 12.7. The van der Waals surface area contributed by atoms with Crippen LogP contribution >= 0.6 is 0 Å². The van der Waals surface area contributed by atoms with Crippen LogP contribution < -0.4 is 45.3 Å². The van der Waals surface area contributed by atoms with Crippen LogP contribution in [0.2, 0.25) is 0 Å². The van der Waals surface area contributed by atoms with Crippen LogP contribution in [0.5, 0.6) is 5.75 Å². The van der Waals surface area contributed by atoms with E-state index < -0.39 is 35.7 Å². The number of rotatable bonds is 11. The molecule has 54 heavy (non-hydrogen) atoms. The number of anilines is 2. The van der Waals surface area contributed by atoms with Crippen LogP contribution in [0, 0.1) is 20.8 Å². The molecule has 0 bridgehead atoms. The van der Waals surface area contributed by atoms with Crippen molar-refractivity contribution in [1.82, 2.24) is 0 Å². The van der Waals surface area contributed by atoms with Gasteiger partial charge in [0.2, 0.25) is 0 Å². The summed E-state index contributed by atoms with van der Waals surface area (Å²) in [4.78, 5) is 11.4. The molecule has 0 aromatic heterocycles. The van der Waals surface area contributed by atoms with Gasteiger partial charge in [-0.15, -0.1) is 5.11 Å². The summed E-state index contributed by atoms with van der Waals surface area (Å²) in [5.74, 6) is 0.0888. The summed E-state index contributed by atoms with van der Waals surface area (Å²) in [7, 11) is -7.97. The number of azo groups is 3. The van der Waals surface area contributed by atoms with Crippen molar-refractivity contribution >= 4 is 71.6 Å². The first-order valence-electron chi connectivity index (χ1n) is 15.4. The Morgan fingerprint density at radius 1 is 0.630 bits per heavy atom. The smallest absolute Gasteiger partial charge is 0.494 e. The number of amides is 1. The average Bonchev–Trinajstić information content (AvgIpc) is 3.09. The molecule has 0 unspecified atom stereocenters. The van der Waals surface area contributed by atoms with Crippen LogP contribution in [-0.2, 0) is 20.2 Å². The molecule has 16 nitrogen and oxygen atoms in total. The van der Waals surface area contributed by atoms with E-state index in [0.717, 1.165) is 29.3 Å². The number of benzene rings is 5. The maximum Gasteiger partial charge on any atom is 1.00 e. The van der Waals surface area contributed by atoms with Gasteiger partial charge in [-0.1, -0.05) is 0 Å². The van der Waals surface area contributed by atoms with Crippen molar-refractivity contribution in [3.63, 3.8) is 0 Å². The second-order valence-electron chi connectivity index (χ2n) is 11.5. The number of carbonyl (C=O) groups excluding carboxylic acids is 1. The molecule has 0 radical (unpaired) electrons. The monoisotopic (exact) mass is 779 g/mol. The van der Waals surface area contributed by atoms with Crippen LogP contribution in [0.15, 0.2) is 131 Å². The number of hydrogen-bond acceptors (Lipinski definition) is 13. The van der Waals surface area contributed by atoms with Gasteiger partial charge in [-0.25, -0.2) is 0 Å². The first-order valence-corrected chi connectivity index (χ1v) is 18.3. The molecular weight excluding hydrogens is 748 g/mol. The van der Waals surface area contributed by atoms with Crippen molar-refractivity contribution < 1.29 is 65.0 Å². The molecule has 0 aliphatic rings. The molecule has 5 aromatic rings. The fourth-order valence-electron chi connectivity index (χ4n) is 4.79. The van der Waals surface area contributed by atoms with Crippen LogP contribution in [0.3, 0.4) is 0 Å². The molecule has 0 fully saturated rings. The predicted octanol–water partition coefficient (Wildman–Crippen LogP) is 6.20. The Kier molecular flexibility index (Phi) is 13.3. The Bertz CT molecular complexity index is 2550. The normalized spacial score (nSPS) is 12.0. The van der Waals surface area contributed by atoms with E-state index in [1.165, 1.54) is 7.11 Å². The van der Waals surface area contributed by atoms with Crippen molar-refractivity contribution in [1.29, 1.82) is 0 Å². The third-order valence-corrected chi connectivity index (χ3v) is 9.37. The maximum atomic E-state index is 12.7. The molecule has 0 heterocycles. The number of hydrogen-bond donors (Lipinski definition) is 4. The Morgan fingerprint density at radius 3 is 1.67 bits per heavy atom. The molecule has 0 atom stereocenters. The van der Waals surface area contributed by atoms with Gasteiger partial charge < -0.3 is 15.8 Å². The zero-order chi connectivity index (χ0) is 38.5. The number of ether oxygens (including phenoxy) is 1. The number of nitrogens with zero attached hydrogens (tertiary/aromatic N) is 6. The molecule has 0 aliphatic heterocycles. The molecule has 0 spiro atoms. The fraction of sp³-hybridized carbons (Fsp3) is 0.114. The van der Waals surface area contributed by atoms with E-state index in [1.807, 2.05) is 13.8 Å². The Balaban J connectivity index is 0.00000650. The summed E-state index contributed by atoms with van der Waals surface area (Å²) in [5.41, 5.74) is 11.2. The summed E-state index contributed by atoms with van der Waals surface area (Å²) in [6, 6.07) is 22.4. The minimum Gasteiger partial charge on any atom is -0.494 e. The van der Waals surface area contributed by atoms with Crippen molar-refractivity contribution in [3.05, 3.63) is 113 Å². The van der Waals surface area contributed by atoms with Gasteiger partial charge in [0.1, 0.15) is 16.3 Å². The topological polar surface area (TPSA) is 247 Å². The van der Waals surface area contributed by atoms with E-state index in [4.69, 9.17) is 10.5 Å². The number of nitrogen functional groups attached to an aromatic ring is 1. The van der Waals surface area contributed by atoms with Gasteiger partial charge in [-0.3, -0.25) is 13.9 Å². The Hall–Kier alpha value is -5.21. The Morgan fingerprint density at radius 2 is 1.15 bits per heavy atom. The van der Waals surface area contributed by atoms with E-state index >= 15 is 0 Å². The van der Waals surface area contributed by atoms with Crippen LogP contribution in [-0.4, -0.2) is 39.0 Å². The standard InChI is InChI=1S/C35H32N8O8S2.Na/c1-20-15-26(39-42-30-19-33(51-4)31(17-22(30)3)37-35(44)23-5-7-24(36)8-6-23)9-12-28(20)40-38-25-10-13-29(21(2)16-25)41-43-32-18-27(52(45,46)47)11-14-34(32)53(48,49)50;/h5-19H,36H2,1-4H3,(H,37,44)(H,45,46,47)(H,48,49,50);/q;+1. The zero-order valence-corrected chi connectivity index (χ0v) is 33.2. The van der Waals surface area contributed by atoms with Gasteiger partial charge in [-0.05, 0) is 122 Å². The number of nitrogens with two attached hydrogens (primary N) is 1. The molecule has 0 aliphatic carbocycles. The molecule has 1 amide bonds. The third-order valence-electron chi connectivity index (χ3n) is 7.62. The predicted molar refractivity (Wildman–Crippen MR) is 197 cm³/mol. The van der Waals surface area contributed by atoms with E-state index in [9.17, 15) is 30.7 Å². The van der Waals surface area contributed by atoms with Crippen LogP contribution in [0.25, 0.3) is 0 Å². The van der Waals surface area contributed by atoms with Gasteiger partial charge in [-0.2, -0.15) is 42.4 Å². The minimum atomic E-state index is -4.78. The molecule has 0 saturated carbocycles. The number of carbonyl (C=O) groups is 1. The van der Waals surface area contributed by atoms with Gasteiger partial charge >= 0.3 is 29.6 Å². The molecule has 0 saturated heterocycles. The number of aryl methyl sites for hydroxylation is 3. The van der Waals surface area contributed by atoms with Crippen molar-refractivity contribution in [2.45, 2.75) is 30.6 Å². The van der Waals surface area contributed by atoms with E-state index in [-0.39, 0.29) is 35.5 Å². The second-order valence-corrected chi connectivity index (χ2v) is 14.3. The summed E-state index contributed by atoms with van der Waals surface area (Å²) < 4.78 is 70.9. The van der Waals surface area contributed by atoms with Gasteiger partial charge in [0.25, 0.3) is 26.1 Å². The summed E-state index contributed by atoms with van der Waals surface area (Å²) in [5, 5.41) is 28.0. The van der Waals surface area contributed by atoms with Crippen molar-refractivity contribution in [3.8, 4) is 5.75 Å². The fourth-order valence-corrected chi connectivity index (χ4v) is 5.90. The van der Waals surface area contributed by atoms with Crippen molar-refractivity contribution in [2.75, 3.05) is 18.2 Å². The van der Waals surface area contributed by atoms with Crippen molar-refractivity contribution in [2.24, 2.45) is 30.7 Å². The molecule has 19 heteroatoms. The molecular formula is C35H32N8NaO8S2+. The van der Waals surface area contributed by atoms with E-state index in [2.05, 4.69) is 36.0 Å². The largest absolute Gasteiger partial charge is 1.00 e. The van der Waals surface area contributed by atoms with Gasteiger partial charge in [0.15, 0.2) is 0 Å². The molecule has 272 valence electrons. The summed E-state index contributed by atoms with van der Waals surface area (Å²) in [6.45, 7) is 5.37. The van der Waals surface area contributed by atoms with Gasteiger partial charge in [0, 0.05) is 17.3 Å². The van der Waals surface area contributed by atoms with Crippen LogP contribution in [0.1, 0.15) is 27.0 Å².